The fourth-order valence-corrected chi connectivity index (χ4v) is 1.84. The topological polar surface area (TPSA) is 72.7 Å². The van der Waals surface area contributed by atoms with Gasteiger partial charge in [0.25, 0.3) is 5.69 Å². The van der Waals surface area contributed by atoms with E-state index in [4.69, 9.17) is 0 Å². The van der Waals surface area contributed by atoms with Crippen molar-refractivity contribution in [3.05, 3.63) is 39.9 Å². The molecule has 1 unspecified atom stereocenters. The SMILES string of the molecule is COC(=O)C(C)CN(C)Cc1ccc([N+](=O)[O-])cc1. The predicted octanol–water partition coefficient (Wildman–Crippen LogP) is 1.84. The van der Waals surface area contributed by atoms with Crippen molar-refractivity contribution in [1.29, 1.82) is 0 Å². The van der Waals surface area contributed by atoms with Gasteiger partial charge in [0, 0.05) is 25.2 Å². The molecule has 0 heterocycles. The van der Waals surface area contributed by atoms with E-state index in [0.29, 0.717) is 13.1 Å². The molecule has 0 aliphatic heterocycles. The van der Waals surface area contributed by atoms with Crippen LogP contribution in [0.1, 0.15) is 12.5 Å². The van der Waals surface area contributed by atoms with Crippen molar-refractivity contribution in [2.45, 2.75) is 13.5 Å². The van der Waals surface area contributed by atoms with E-state index in [1.54, 1.807) is 19.1 Å². The molecule has 0 saturated heterocycles. The van der Waals surface area contributed by atoms with Gasteiger partial charge in [0.2, 0.25) is 0 Å². The molecule has 0 spiro atoms. The Hall–Kier alpha value is -1.95. The van der Waals surface area contributed by atoms with Gasteiger partial charge in [-0.1, -0.05) is 19.1 Å². The molecule has 6 heteroatoms. The Morgan fingerprint density at radius 3 is 2.47 bits per heavy atom. The Morgan fingerprint density at radius 1 is 1.42 bits per heavy atom. The second kappa shape index (κ2) is 6.84. The zero-order chi connectivity index (χ0) is 14.4. The van der Waals surface area contributed by atoms with Crippen LogP contribution in [-0.2, 0) is 16.1 Å². The van der Waals surface area contributed by atoms with Crippen LogP contribution in [0, 0.1) is 16.0 Å². The highest BCUT2D eigenvalue weighted by Crippen LogP contribution is 2.13. The van der Waals surface area contributed by atoms with Gasteiger partial charge in [-0.15, -0.1) is 0 Å². The van der Waals surface area contributed by atoms with Crippen molar-refractivity contribution >= 4 is 11.7 Å². The monoisotopic (exact) mass is 266 g/mol. The second-order valence-corrected chi connectivity index (χ2v) is 4.54. The van der Waals surface area contributed by atoms with Gasteiger partial charge in [0.15, 0.2) is 0 Å². The summed E-state index contributed by atoms with van der Waals surface area (Å²) in [4.78, 5) is 23.4. The van der Waals surface area contributed by atoms with Crippen molar-refractivity contribution in [2.75, 3.05) is 20.7 Å². The van der Waals surface area contributed by atoms with Gasteiger partial charge < -0.3 is 9.64 Å². The number of nitro groups is 1. The van der Waals surface area contributed by atoms with Gasteiger partial charge in [0.1, 0.15) is 0 Å². The molecule has 1 aromatic carbocycles. The zero-order valence-corrected chi connectivity index (χ0v) is 11.3. The smallest absolute Gasteiger partial charge is 0.309 e. The maximum Gasteiger partial charge on any atom is 0.309 e. The first-order valence-electron chi connectivity index (χ1n) is 5.93. The summed E-state index contributed by atoms with van der Waals surface area (Å²) in [6.07, 6.45) is 0. The molecular formula is C13H18N2O4. The van der Waals surface area contributed by atoms with Crippen molar-refractivity contribution < 1.29 is 14.5 Å². The number of nitrogens with zero attached hydrogens (tertiary/aromatic N) is 2. The summed E-state index contributed by atoms with van der Waals surface area (Å²) in [6, 6.07) is 6.40. The fraction of sp³-hybridized carbons (Fsp3) is 0.462. The van der Waals surface area contributed by atoms with E-state index < -0.39 is 4.92 Å². The summed E-state index contributed by atoms with van der Waals surface area (Å²) in [5.74, 6) is -0.441. The van der Waals surface area contributed by atoms with E-state index in [2.05, 4.69) is 4.74 Å². The summed E-state index contributed by atoms with van der Waals surface area (Å²) in [5, 5.41) is 10.5. The van der Waals surface area contributed by atoms with E-state index in [9.17, 15) is 14.9 Å². The van der Waals surface area contributed by atoms with E-state index in [-0.39, 0.29) is 17.6 Å². The van der Waals surface area contributed by atoms with Crippen LogP contribution in [0.25, 0.3) is 0 Å². The van der Waals surface area contributed by atoms with Crippen LogP contribution in [0.3, 0.4) is 0 Å². The van der Waals surface area contributed by atoms with E-state index in [0.717, 1.165) is 5.56 Å². The number of benzene rings is 1. The molecule has 0 aromatic heterocycles. The molecule has 19 heavy (non-hydrogen) atoms. The lowest BCUT2D eigenvalue weighted by atomic mass is 10.1. The number of carbonyl (C=O) groups is 1. The lowest BCUT2D eigenvalue weighted by Gasteiger charge is -2.19. The van der Waals surface area contributed by atoms with Crippen LogP contribution in [0.4, 0.5) is 5.69 Å². The van der Waals surface area contributed by atoms with Crippen LogP contribution in [0.15, 0.2) is 24.3 Å². The highest BCUT2D eigenvalue weighted by molar-refractivity contribution is 5.72. The summed E-state index contributed by atoms with van der Waals surface area (Å²) in [7, 11) is 3.26. The molecule has 104 valence electrons. The van der Waals surface area contributed by atoms with Gasteiger partial charge in [0.05, 0.1) is 18.0 Å². The third-order valence-corrected chi connectivity index (χ3v) is 2.79. The average molecular weight is 266 g/mol. The lowest BCUT2D eigenvalue weighted by Crippen LogP contribution is -2.29. The number of non-ortho nitro benzene ring substituents is 1. The predicted molar refractivity (Wildman–Crippen MR) is 70.6 cm³/mol. The highest BCUT2D eigenvalue weighted by atomic mass is 16.6. The molecule has 0 N–H and O–H groups in total. The maximum absolute atomic E-state index is 11.3. The Balaban J connectivity index is 2.54. The lowest BCUT2D eigenvalue weighted by molar-refractivity contribution is -0.384. The molecule has 1 atom stereocenters. The molecule has 0 fully saturated rings. The first kappa shape index (κ1) is 15.1. The number of hydrogen-bond acceptors (Lipinski definition) is 5. The maximum atomic E-state index is 11.3. The van der Waals surface area contributed by atoms with Gasteiger partial charge >= 0.3 is 5.97 Å². The van der Waals surface area contributed by atoms with Gasteiger partial charge in [-0.25, -0.2) is 0 Å². The third-order valence-electron chi connectivity index (χ3n) is 2.79. The van der Waals surface area contributed by atoms with E-state index in [1.807, 2.05) is 11.9 Å². The molecule has 1 aromatic rings. The molecular weight excluding hydrogens is 248 g/mol. The quantitative estimate of drug-likeness (QED) is 0.446. The van der Waals surface area contributed by atoms with Crippen molar-refractivity contribution in [2.24, 2.45) is 5.92 Å². The first-order valence-corrected chi connectivity index (χ1v) is 5.93. The number of methoxy groups -OCH3 is 1. The van der Waals surface area contributed by atoms with Gasteiger partial charge in [-0.2, -0.15) is 0 Å². The molecule has 0 amide bonds. The largest absolute Gasteiger partial charge is 0.469 e. The first-order chi connectivity index (χ1) is 8.93. The molecule has 1 rings (SSSR count). The van der Waals surface area contributed by atoms with Crippen LogP contribution in [0.5, 0.6) is 0 Å². The van der Waals surface area contributed by atoms with Crippen LogP contribution < -0.4 is 0 Å². The number of hydrogen-bond donors (Lipinski definition) is 0. The summed E-state index contributed by atoms with van der Waals surface area (Å²) in [5.41, 5.74) is 1.04. The Labute approximate surface area is 112 Å². The molecule has 0 saturated carbocycles. The van der Waals surface area contributed by atoms with Crippen LogP contribution in [0.2, 0.25) is 0 Å². The number of esters is 1. The van der Waals surface area contributed by atoms with Crippen molar-refractivity contribution in [3.63, 3.8) is 0 Å². The zero-order valence-electron chi connectivity index (χ0n) is 11.3. The van der Waals surface area contributed by atoms with Gasteiger partial charge in [-0.05, 0) is 12.6 Å². The minimum absolute atomic E-state index is 0.0781. The minimum Gasteiger partial charge on any atom is -0.469 e. The van der Waals surface area contributed by atoms with Crippen molar-refractivity contribution in [3.8, 4) is 0 Å². The Bertz CT molecular complexity index is 444. The molecule has 0 radical (unpaired) electrons. The highest BCUT2D eigenvalue weighted by Gasteiger charge is 2.15. The summed E-state index contributed by atoms with van der Waals surface area (Å²) in [6.45, 7) is 3.00. The number of rotatable bonds is 6. The Kier molecular flexibility index (Phi) is 5.44. The molecule has 0 aliphatic rings. The third kappa shape index (κ3) is 4.67. The number of ether oxygens (including phenoxy) is 1. The second-order valence-electron chi connectivity index (χ2n) is 4.54. The molecule has 0 bridgehead atoms. The summed E-state index contributed by atoms with van der Waals surface area (Å²) >= 11 is 0. The number of carbonyl (C=O) groups excluding carboxylic acids is 1. The van der Waals surface area contributed by atoms with Gasteiger partial charge in [-0.3, -0.25) is 14.9 Å². The number of nitro benzene ring substituents is 1. The molecule has 0 aliphatic carbocycles. The average Bonchev–Trinajstić information content (AvgIpc) is 2.38. The minimum atomic E-state index is -0.424. The Morgan fingerprint density at radius 2 is 2.00 bits per heavy atom. The summed E-state index contributed by atoms with van der Waals surface area (Å²) < 4.78 is 4.66. The molecule has 6 nitrogen and oxygen atoms in total. The van der Waals surface area contributed by atoms with E-state index in [1.165, 1.54) is 19.2 Å². The van der Waals surface area contributed by atoms with Crippen molar-refractivity contribution in [1.82, 2.24) is 4.90 Å². The van der Waals surface area contributed by atoms with E-state index >= 15 is 0 Å². The normalized spacial score (nSPS) is 12.2. The standard InChI is InChI=1S/C13H18N2O4/c1-10(13(16)19-3)8-14(2)9-11-4-6-12(7-5-11)15(17)18/h4-7,10H,8-9H2,1-3H3. The van der Waals surface area contributed by atoms with Crippen LogP contribution >= 0.6 is 0 Å². The fourth-order valence-electron chi connectivity index (χ4n) is 1.84. The van der Waals surface area contributed by atoms with Crippen LogP contribution in [-0.4, -0.2) is 36.5 Å².